The Morgan fingerprint density at radius 3 is 2.09 bits per heavy atom. The Labute approximate surface area is 323 Å². The van der Waals surface area contributed by atoms with E-state index in [-0.39, 0.29) is 5.92 Å². The summed E-state index contributed by atoms with van der Waals surface area (Å²) >= 11 is 0. The monoisotopic (exact) mass is 704 g/mol. The first-order valence-corrected chi connectivity index (χ1v) is 18.9. The summed E-state index contributed by atoms with van der Waals surface area (Å²) in [5.74, 6) is 1.49. The number of benzene rings is 5. The second-order valence-electron chi connectivity index (χ2n) is 14.0. The summed E-state index contributed by atoms with van der Waals surface area (Å²) in [6, 6.07) is 55.9. The highest BCUT2D eigenvalue weighted by Gasteiger charge is 2.24. The molecule has 6 aromatic carbocycles. The second kappa shape index (κ2) is 14.8. The average Bonchev–Trinajstić information content (AvgIpc) is 3.65. The zero-order valence-corrected chi connectivity index (χ0v) is 30.6. The number of aromatic nitrogens is 2. The van der Waals surface area contributed by atoms with Crippen LogP contribution in [-0.4, -0.2) is 9.55 Å². The van der Waals surface area contributed by atoms with Crippen molar-refractivity contribution in [2.45, 2.75) is 0 Å². The van der Waals surface area contributed by atoms with Gasteiger partial charge in [0.1, 0.15) is 5.82 Å². The number of rotatable bonds is 7. The molecule has 262 valence electrons. The van der Waals surface area contributed by atoms with Crippen LogP contribution >= 0.6 is 0 Å². The van der Waals surface area contributed by atoms with Crippen molar-refractivity contribution in [3.63, 3.8) is 0 Å². The van der Waals surface area contributed by atoms with E-state index in [0.717, 1.165) is 66.9 Å². The maximum absolute atomic E-state index is 5.11. The van der Waals surface area contributed by atoms with Crippen molar-refractivity contribution >= 4 is 39.0 Å². The molecular weight excluding hydrogens is 665 g/mol. The highest BCUT2D eigenvalue weighted by molar-refractivity contribution is 6.02. The molecule has 0 amide bonds. The normalized spacial score (nSPS) is 15.7. The van der Waals surface area contributed by atoms with Crippen molar-refractivity contribution in [1.29, 1.82) is 0 Å². The van der Waals surface area contributed by atoms with E-state index in [4.69, 9.17) is 11.6 Å². The number of hydrogen-bond donors (Lipinski definition) is 0. The molecule has 2 aliphatic carbocycles. The van der Waals surface area contributed by atoms with Gasteiger partial charge in [-0.25, -0.2) is 4.98 Å². The fourth-order valence-corrected chi connectivity index (χ4v) is 8.07. The van der Waals surface area contributed by atoms with Gasteiger partial charge < -0.3 is 0 Å². The Bertz CT molecular complexity index is 2790. The van der Waals surface area contributed by atoms with Gasteiger partial charge in [0.05, 0.1) is 11.0 Å². The van der Waals surface area contributed by atoms with Crippen LogP contribution in [0, 0.1) is 11.8 Å². The molecule has 2 nitrogen and oxygen atoms in total. The van der Waals surface area contributed by atoms with E-state index >= 15 is 0 Å². The Balaban J connectivity index is 1.23. The third-order valence-corrected chi connectivity index (χ3v) is 10.8. The predicted molar refractivity (Wildman–Crippen MR) is 234 cm³/mol. The van der Waals surface area contributed by atoms with Crippen molar-refractivity contribution in [1.82, 2.24) is 9.55 Å². The smallest absolute Gasteiger partial charge is 0.145 e. The van der Waals surface area contributed by atoms with Gasteiger partial charge in [-0.2, -0.15) is 0 Å². The first-order valence-electron chi connectivity index (χ1n) is 18.9. The quantitative estimate of drug-likeness (QED) is 0.161. The fraction of sp³-hybridized carbons (Fsp3) is 0.0377. The minimum absolute atomic E-state index is 0.255. The highest BCUT2D eigenvalue weighted by atomic mass is 15.1. The van der Waals surface area contributed by atoms with Crippen LogP contribution in [0.15, 0.2) is 213 Å². The van der Waals surface area contributed by atoms with Gasteiger partial charge in [0.15, 0.2) is 0 Å². The van der Waals surface area contributed by atoms with Crippen molar-refractivity contribution in [3.8, 4) is 28.2 Å². The van der Waals surface area contributed by atoms with E-state index in [9.17, 15) is 0 Å². The number of para-hydroxylation sites is 3. The molecule has 7 aromatic rings. The topological polar surface area (TPSA) is 17.8 Å². The lowest BCUT2D eigenvalue weighted by Crippen LogP contribution is -2.15. The van der Waals surface area contributed by atoms with Gasteiger partial charge in [0, 0.05) is 23.1 Å². The SMILES string of the molecule is C=Cc1ccccc1C(=C)c1ccc(-c2ccc(-c3nc4ccccc4n3-c3ccccc3)cc2)cccc(C2=CC=CC3C=CC=CC23)c2ccccc12. The molecule has 0 N–H and O–H groups in total. The van der Waals surface area contributed by atoms with Gasteiger partial charge in [-0.05, 0) is 79.6 Å². The van der Waals surface area contributed by atoms with E-state index < -0.39 is 0 Å². The molecule has 1 heterocycles. The predicted octanol–water partition coefficient (Wildman–Crippen LogP) is 13.7. The van der Waals surface area contributed by atoms with Gasteiger partial charge in [0.25, 0.3) is 0 Å². The van der Waals surface area contributed by atoms with E-state index in [2.05, 4.69) is 199 Å². The Morgan fingerprint density at radius 1 is 0.564 bits per heavy atom. The summed E-state index contributed by atoms with van der Waals surface area (Å²) in [5.41, 5.74) is 13.0. The Kier molecular flexibility index (Phi) is 9.07. The first-order chi connectivity index (χ1) is 27.2. The third kappa shape index (κ3) is 6.38. The molecule has 0 spiro atoms. The molecule has 2 atom stereocenters. The molecule has 2 aliphatic rings. The number of imidazole rings is 1. The van der Waals surface area contributed by atoms with Crippen LogP contribution in [0.1, 0.15) is 22.3 Å². The van der Waals surface area contributed by atoms with Crippen LogP contribution in [0.4, 0.5) is 0 Å². The maximum atomic E-state index is 5.11. The number of hydrogen-bond acceptors (Lipinski definition) is 1. The van der Waals surface area contributed by atoms with E-state index in [0.29, 0.717) is 5.92 Å². The highest BCUT2D eigenvalue weighted by Crippen LogP contribution is 2.41. The number of nitrogens with zero attached hydrogens (tertiary/aromatic N) is 2. The Morgan fingerprint density at radius 2 is 1.24 bits per heavy atom. The van der Waals surface area contributed by atoms with Gasteiger partial charge in [-0.1, -0.05) is 195 Å². The van der Waals surface area contributed by atoms with Gasteiger partial charge in [-0.15, -0.1) is 0 Å². The van der Waals surface area contributed by atoms with Crippen LogP contribution in [0.2, 0.25) is 0 Å². The third-order valence-electron chi connectivity index (χ3n) is 10.8. The molecule has 2 heteroatoms. The number of allylic oxidation sites excluding steroid dienone is 8. The van der Waals surface area contributed by atoms with Crippen LogP contribution in [0.5, 0.6) is 0 Å². The molecule has 1 aromatic heterocycles. The summed E-state index contributed by atoms with van der Waals surface area (Å²) in [4.78, 5) is 5.11. The van der Waals surface area contributed by atoms with Crippen molar-refractivity contribution < 1.29 is 0 Å². The maximum Gasteiger partial charge on any atom is 0.145 e. The van der Waals surface area contributed by atoms with Crippen LogP contribution in [-0.2, 0) is 0 Å². The molecule has 2 unspecified atom stereocenters. The molecule has 55 heavy (non-hydrogen) atoms. The number of fused-ring (bicyclic) bond motifs is 3. The van der Waals surface area contributed by atoms with Crippen molar-refractivity contribution in [3.05, 3.63) is 236 Å². The lowest BCUT2D eigenvalue weighted by molar-refractivity contribution is 0.678. The average molecular weight is 705 g/mol. The second-order valence-corrected chi connectivity index (χ2v) is 14.0. The summed E-state index contributed by atoms with van der Waals surface area (Å²) < 4.78 is 2.25. The van der Waals surface area contributed by atoms with Gasteiger partial charge >= 0.3 is 0 Å². The molecule has 0 bridgehead atoms. The fourth-order valence-electron chi connectivity index (χ4n) is 8.07. The zero-order chi connectivity index (χ0) is 37.1. The van der Waals surface area contributed by atoms with Crippen LogP contribution in [0.25, 0.3) is 67.2 Å². The van der Waals surface area contributed by atoms with Crippen molar-refractivity contribution in [2.75, 3.05) is 0 Å². The van der Waals surface area contributed by atoms with Crippen LogP contribution < -0.4 is 0 Å². The van der Waals surface area contributed by atoms with E-state index in [1.165, 1.54) is 16.5 Å². The van der Waals surface area contributed by atoms with Gasteiger partial charge in [0.2, 0.25) is 0 Å². The van der Waals surface area contributed by atoms with Crippen molar-refractivity contribution in [2.24, 2.45) is 11.8 Å². The van der Waals surface area contributed by atoms with E-state index in [1.807, 2.05) is 18.2 Å². The van der Waals surface area contributed by atoms with Gasteiger partial charge in [-0.3, -0.25) is 4.57 Å². The molecule has 0 saturated carbocycles. The van der Waals surface area contributed by atoms with Crippen LogP contribution in [0.3, 0.4) is 0 Å². The molecular formula is C53H40N2. The Hall–Kier alpha value is -7.03. The lowest BCUT2D eigenvalue weighted by Gasteiger charge is -2.28. The summed E-state index contributed by atoms with van der Waals surface area (Å²) in [6.45, 7) is 8.87. The summed E-state index contributed by atoms with van der Waals surface area (Å²) in [6.07, 6.45) is 17.7. The standard InChI is InChI=1S/C53H40N2/c1-3-38-17-7-9-23-44(38)37(2)45-36-35-39(19-15-28-50(49-26-12-11-25-47(45)49)48-27-16-20-41-18-8-10-24-46(41)48)40-31-33-42(34-32-40)53-54-51-29-13-14-30-52(51)55(53)43-21-5-4-6-22-43/h3-36,41,46H,1-2H2. The molecule has 0 radical (unpaired) electrons. The van der Waals surface area contributed by atoms with E-state index in [1.54, 1.807) is 0 Å². The molecule has 0 saturated heterocycles. The zero-order valence-electron chi connectivity index (χ0n) is 30.6. The summed E-state index contributed by atoms with van der Waals surface area (Å²) in [5, 5.41) is 2.32. The lowest BCUT2D eigenvalue weighted by atomic mass is 9.76. The molecule has 9 rings (SSSR count). The minimum Gasteiger partial charge on any atom is -0.292 e. The molecule has 0 aliphatic heterocycles. The molecule has 0 fully saturated rings. The summed E-state index contributed by atoms with van der Waals surface area (Å²) in [7, 11) is 0. The largest absolute Gasteiger partial charge is 0.292 e. The minimum atomic E-state index is 0.255. The first kappa shape index (κ1) is 33.8.